The number of hydrogen-bond donors (Lipinski definition) is 0. The van der Waals surface area contributed by atoms with Gasteiger partial charge in [-0.25, -0.2) is 0 Å². The SMILES string of the molecule is CCCCCC[C@H]1CC[C@H](C2CCCC(C#N)(CCC)C2)CC1. The molecule has 0 aromatic rings. The van der Waals surface area contributed by atoms with Crippen LogP contribution in [-0.2, 0) is 0 Å². The van der Waals surface area contributed by atoms with Gasteiger partial charge >= 0.3 is 0 Å². The van der Waals surface area contributed by atoms with Crippen LogP contribution in [0.2, 0.25) is 0 Å². The lowest BCUT2D eigenvalue weighted by Gasteiger charge is -2.41. The Hall–Kier alpha value is -0.510. The van der Waals surface area contributed by atoms with Gasteiger partial charge in [-0.1, -0.05) is 78.1 Å². The second-order valence-corrected chi connectivity index (χ2v) is 8.63. The minimum absolute atomic E-state index is 0.0364. The molecule has 23 heavy (non-hydrogen) atoms. The van der Waals surface area contributed by atoms with E-state index in [4.69, 9.17) is 0 Å². The molecule has 0 heterocycles. The van der Waals surface area contributed by atoms with Gasteiger partial charge in [0.25, 0.3) is 0 Å². The molecule has 2 unspecified atom stereocenters. The maximum Gasteiger partial charge on any atom is 0.0689 e. The third-order valence-corrected chi connectivity index (χ3v) is 6.87. The fraction of sp³-hybridized carbons (Fsp3) is 0.955. The van der Waals surface area contributed by atoms with Crippen LogP contribution < -0.4 is 0 Å². The van der Waals surface area contributed by atoms with Crippen molar-refractivity contribution in [1.82, 2.24) is 0 Å². The molecule has 1 nitrogen and oxygen atoms in total. The molecular formula is C22H39N. The van der Waals surface area contributed by atoms with Crippen LogP contribution in [0.25, 0.3) is 0 Å². The average molecular weight is 318 g/mol. The van der Waals surface area contributed by atoms with E-state index in [-0.39, 0.29) is 5.41 Å². The lowest BCUT2D eigenvalue weighted by atomic mass is 9.62. The van der Waals surface area contributed by atoms with E-state index in [0.29, 0.717) is 0 Å². The highest BCUT2D eigenvalue weighted by molar-refractivity contribution is 5.02. The number of rotatable bonds is 8. The van der Waals surface area contributed by atoms with Crippen LogP contribution >= 0.6 is 0 Å². The maximum absolute atomic E-state index is 9.72. The summed E-state index contributed by atoms with van der Waals surface area (Å²) in [5, 5.41) is 9.72. The Morgan fingerprint density at radius 1 is 0.913 bits per heavy atom. The number of hydrogen-bond acceptors (Lipinski definition) is 1. The zero-order valence-electron chi connectivity index (χ0n) is 15.8. The van der Waals surface area contributed by atoms with E-state index in [0.717, 1.165) is 24.2 Å². The topological polar surface area (TPSA) is 23.8 Å². The summed E-state index contributed by atoms with van der Waals surface area (Å²) in [6.45, 7) is 4.54. The van der Waals surface area contributed by atoms with Crippen molar-refractivity contribution in [2.45, 2.75) is 110 Å². The molecule has 0 amide bonds. The Morgan fingerprint density at radius 3 is 2.35 bits per heavy atom. The Bertz CT molecular complexity index is 357. The third kappa shape index (κ3) is 5.51. The van der Waals surface area contributed by atoms with Crippen molar-refractivity contribution in [3.8, 4) is 6.07 Å². The van der Waals surface area contributed by atoms with Gasteiger partial charge < -0.3 is 0 Å². The van der Waals surface area contributed by atoms with Crippen LogP contribution in [0.4, 0.5) is 0 Å². The molecule has 0 bridgehead atoms. The lowest BCUT2D eigenvalue weighted by molar-refractivity contribution is 0.103. The highest BCUT2D eigenvalue weighted by Crippen LogP contribution is 2.48. The summed E-state index contributed by atoms with van der Waals surface area (Å²) < 4.78 is 0. The Labute approximate surface area is 145 Å². The molecule has 0 aromatic carbocycles. The predicted molar refractivity (Wildman–Crippen MR) is 99.1 cm³/mol. The van der Waals surface area contributed by atoms with Crippen LogP contribution in [0, 0.1) is 34.5 Å². The monoisotopic (exact) mass is 317 g/mol. The lowest BCUT2D eigenvalue weighted by Crippen LogP contribution is -2.32. The van der Waals surface area contributed by atoms with E-state index in [1.54, 1.807) is 0 Å². The molecule has 2 aliphatic carbocycles. The first kappa shape index (κ1) is 18.8. The largest absolute Gasteiger partial charge is 0.198 e. The summed E-state index contributed by atoms with van der Waals surface area (Å²) in [7, 11) is 0. The molecule has 0 radical (unpaired) electrons. The molecule has 1 heteroatoms. The normalized spacial score (nSPS) is 34.9. The van der Waals surface area contributed by atoms with E-state index in [1.165, 1.54) is 89.9 Å². The van der Waals surface area contributed by atoms with Crippen molar-refractivity contribution in [2.75, 3.05) is 0 Å². The van der Waals surface area contributed by atoms with Crippen LogP contribution in [0.15, 0.2) is 0 Å². The molecule has 2 rings (SSSR count). The van der Waals surface area contributed by atoms with Gasteiger partial charge in [-0.3, -0.25) is 0 Å². The van der Waals surface area contributed by atoms with Crippen molar-refractivity contribution < 1.29 is 0 Å². The van der Waals surface area contributed by atoms with Crippen molar-refractivity contribution in [3.63, 3.8) is 0 Å². The molecule has 0 spiro atoms. The number of nitrogens with zero attached hydrogens (tertiary/aromatic N) is 1. The highest BCUT2D eigenvalue weighted by Gasteiger charge is 2.39. The molecular weight excluding hydrogens is 278 g/mol. The first-order valence-electron chi connectivity index (χ1n) is 10.6. The Balaban J connectivity index is 1.75. The van der Waals surface area contributed by atoms with E-state index in [1.807, 2.05) is 0 Å². The van der Waals surface area contributed by atoms with Crippen LogP contribution in [0.1, 0.15) is 110 Å². The zero-order valence-corrected chi connectivity index (χ0v) is 15.8. The van der Waals surface area contributed by atoms with Crippen LogP contribution in [0.5, 0.6) is 0 Å². The summed E-state index contributed by atoms with van der Waals surface area (Å²) in [5.41, 5.74) is 0.0364. The van der Waals surface area contributed by atoms with Crippen LogP contribution in [0.3, 0.4) is 0 Å². The smallest absolute Gasteiger partial charge is 0.0689 e. The van der Waals surface area contributed by atoms with E-state index in [9.17, 15) is 5.26 Å². The molecule has 0 aliphatic heterocycles. The fourth-order valence-corrected chi connectivity index (χ4v) is 5.48. The highest BCUT2D eigenvalue weighted by atomic mass is 14.5. The fourth-order valence-electron chi connectivity index (χ4n) is 5.48. The van der Waals surface area contributed by atoms with Gasteiger partial charge in [0.05, 0.1) is 11.5 Å². The number of nitriles is 1. The Kier molecular flexibility index (Phi) is 7.94. The first-order chi connectivity index (χ1) is 11.2. The molecule has 0 saturated heterocycles. The van der Waals surface area contributed by atoms with Gasteiger partial charge in [0.2, 0.25) is 0 Å². The third-order valence-electron chi connectivity index (χ3n) is 6.87. The molecule has 2 aliphatic rings. The molecule has 0 N–H and O–H groups in total. The summed E-state index contributed by atoms with van der Waals surface area (Å²) in [6, 6.07) is 2.74. The van der Waals surface area contributed by atoms with Crippen molar-refractivity contribution in [2.24, 2.45) is 23.2 Å². The van der Waals surface area contributed by atoms with Crippen molar-refractivity contribution in [3.05, 3.63) is 0 Å². The number of unbranched alkanes of at least 4 members (excludes halogenated alkanes) is 3. The van der Waals surface area contributed by atoms with Gasteiger partial charge in [0, 0.05) is 0 Å². The minimum atomic E-state index is 0.0364. The molecule has 2 saturated carbocycles. The minimum Gasteiger partial charge on any atom is -0.198 e. The average Bonchev–Trinajstić information content (AvgIpc) is 2.60. The second kappa shape index (κ2) is 9.71. The van der Waals surface area contributed by atoms with Crippen molar-refractivity contribution >= 4 is 0 Å². The van der Waals surface area contributed by atoms with Gasteiger partial charge in [-0.15, -0.1) is 0 Å². The van der Waals surface area contributed by atoms with E-state index in [2.05, 4.69) is 19.9 Å². The van der Waals surface area contributed by atoms with Crippen LogP contribution in [-0.4, -0.2) is 0 Å². The van der Waals surface area contributed by atoms with Gasteiger partial charge in [0.1, 0.15) is 0 Å². The zero-order chi connectivity index (χ0) is 16.5. The predicted octanol–water partition coefficient (Wildman–Crippen LogP) is 7.26. The second-order valence-electron chi connectivity index (χ2n) is 8.63. The standard InChI is InChI=1S/C22H39N/c1-3-5-6-7-9-19-11-13-20(14-12-19)21-10-8-16-22(17-21,18-23)15-4-2/h19-21H,3-17H2,1-2H3/t19-,20-,21?,22?. The molecule has 2 atom stereocenters. The first-order valence-corrected chi connectivity index (χ1v) is 10.6. The van der Waals surface area contributed by atoms with Gasteiger partial charge in [-0.05, 0) is 49.9 Å². The molecule has 2 fully saturated rings. The molecule has 0 aromatic heterocycles. The van der Waals surface area contributed by atoms with E-state index < -0.39 is 0 Å². The molecule has 132 valence electrons. The summed E-state index contributed by atoms with van der Waals surface area (Å²) >= 11 is 0. The maximum atomic E-state index is 9.72. The van der Waals surface area contributed by atoms with Gasteiger partial charge in [0.15, 0.2) is 0 Å². The van der Waals surface area contributed by atoms with E-state index >= 15 is 0 Å². The Morgan fingerprint density at radius 2 is 1.70 bits per heavy atom. The van der Waals surface area contributed by atoms with Gasteiger partial charge in [-0.2, -0.15) is 5.26 Å². The quantitative estimate of drug-likeness (QED) is 0.432. The van der Waals surface area contributed by atoms with Crippen molar-refractivity contribution in [1.29, 1.82) is 5.26 Å². The summed E-state index contributed by atoms with van der Waals surface area (Å²) in [6.07, 6.45) is 20.4. The summed E-state index contributed by atoms with van der Waals surface area (Å²) in [5.74, 6) is 2.81. The summed E-state index contributed by atoms with van der Waals surface area (Å²) in [4.78, 5) is 0.